The lowest BCUT2D eigenvalue weighted by molar-refractivity contribution is 0.102. The Morgan fingerprint density at radius 3 is 2.10 bits per heavy atom. The van der Waals surface area contributed by atoms with Crippen molar-refractivity contribution < 1.29 is 13.2 Å². The molecule has 0 aromatic heterocycles. The molecule has 1 heterocycles. The summed E-state index contributed by atoms with van der Waals surface area (Å²) in [6.07, 6.45) is 4.67. The van der Waals surface area contributed by atoms with E-state index in [1.807, 2.05) is 36.4 Å². The molecule has 1 aliphatic rings. The van der Waals surface area contributed by atoms with Crippen LogP contribution in [0.2, 0.25) is 0 Å². The van der Waals surface area contributed by atoms with Crippen LogP contribution in [0.4, 0.5) is 5.69 Å². The van der Waals surface area contributed by atoms with Gasteiger partial charge in [-0.3, -0.25) is 9.69 Å². The lowest BCUT2D eigenvalue weighted by Crippen LogP contribution is -2.47. The van der Waals surface area contributed by atoms with Gasteiger partial charge in [-0.15, -0.1) is 0 Å². The summed E-state index contributed by atoms with van der Waals surface area (Å²) in [7, 11) is -3.11. The second kappa shape index (κ2) is 10.2. The van der Waals surface area contributed by atoms with E-state index < -0.39 is 10.0 Å². The molecule has 1 fully saturated rings. The number of aryl methyl sites for hydroxylation is 1. The van der Waals surface area contributed by atoms with Gasteiger partial charge in [-0.25, -0.2) is 8.42 Å². The Balaban J connectivity index is 1.51. The van der Waals surface area contributed by atoms with Crippen LogP contribution in [0.5, 0.6) is 0 Å². The number of nitrogens with zero attached hydrogens (tertiary/aromatic N) is 2. The Labute approximate surface area is 179 Å². The molecule has 1 aliphatic heterocycles. The van der Waals surface area contributed by atoms with E-state index in [4.69, 9.17) is 0 Å². The molecule has 2 aromatic carbocycles. The average Bonchev–Trinajstić information content (AvgIpc) is 2.73. The van der Waals surface area contributed by atoms with E-state index in [2.05, 4.69) is 29.3 Å². The Morgan fingerprint density at radius 2 is 1.53 bits per heavy atom. The molecular formula is C23H31N3O3S. The molecule has 0 atom stereocenters. The van der Waals surface area contributed by atoms with Crippen LogP contribution in [0.15, 0.2) is 48.5 Å². The highest BCUT2D eigenvalue weighted by molar-refractivity contribution is 7.88. The van der Waals surface area contributed by atoms with Crippen molar-refractivity contribution in [3.05, 3.63) is 65.2 Å². The third-order valence-electron chi connectivity index (χ3n) is 5.45. The number of amides is 1. The fraction of sp³-hybridized carbons (Fsp3) is 0.435. The van der Waals surface area contributed by atoms with Crippen molar-refractivity contribution in [2.75, 3.05) is 37.8 Å². The largest absolute Gasteiger partial charge is 0.322 e. The minimum Gasteiger partial charge on any atom is -0.322 e. The molecule has 2 aromatic rings. The quantitative estimate of drug-likeness (QED) is 0.699. The molecule has 7 heteroatoms. The molecular weight excluding hydrogens is 398 g/mol. The summed E-state index contributed by atoms with van der Waals surface area (Å²) in [5.41, 5.74) is 3.82. The van der Waals surface area contributed by atoms with Gasteiger partial charge >= 0.3 is 0 Å². The summed E-state index contributed by atoms with van der Waals surface area (Å²) in [6, 6.07) is 15.6. The maximum absolute atomic E-state index is 12.5. The maximum Gasteiger partial charge on any atom is 0.255 e. The second-order valence-electron chi connectivity index (χ2n) is 7.89. The molecule has 1 N–H and O–H groups in total. The van der Waals surface area contributed by atoms with E-state index in [-0.39, 0.29) is 5.91 Å². The van der Waals surface area contributed by atoms with Gasteiger partial charge in [0, 0.05) is 44.0 Å². The van der Waals surface area contributed by atoms with Crippen molar-refractivity contribution >= 4 is 21.6 Å². The SMILES string of the molecule is CCCCc1ccc(NC(=O)c2ccc(CN3CCN(S(C)(=O)=O)CC3)cc2)cc1. The van der Waals surface area contributed by atoms with E-state index in [1.165, 1.54) is 29.0 Å². The normalized spacial score (nSPS) is 15.8. The fourth-order valence-corrected chi connectivity index (χ4v) is 4.40. The van der Waals surface area contributed by atoms with Crippen molar-refractivity contribution in [2.45, 2.75) is 32.7 Å². The Kier molecular flexibility index (Phi) is 7.64. The van der Waals surface area contributed by atoms with E-state index in [0.29, 0.717) is 31.7 Å². The minimum absolute atomic E-state index is 0.121. The molecule has 3 rings (SSSR count). The van der Waals surface area contributed by atoms with Crippen molar-refractivity contribution in [3.8, 4) is 0 Å². The highest BCUT2D eigenvalue weighted by Crippen LogP contribution is 2.15. The number of carbonyl (C=O) groups excluding carboxylic acids is 1. The third kappa shape index (κ3) is 6.39. The van der Waals surface area contributed by atoms with Crippen LogP contribution in [-0.4, -0.2) is 56.0 Å². The second-order valence-corrected chi connectivity index (χ2v) is 9.87. The molecule has 0 aliphatic carbocycles. The van der Waals surface area contributed by atoms with Gasteiger partial charge in [-0.05, 0) is 48.2 Å². The van der Waals surface area contributed by atoms with Gasteiger partial charge < -0.3 is 5.32 Å². The number of sulfonamides is 1. The predicted molar refractivity (Wildman–Crippen MR) is 121 cm³/mol. The van der Waals surface area contributed by atoms with Crippen LogP contribution >= 0.6 is 0 Å². The fourth-order valence-electron chi connectivity index (χ4n) is 3.58. The monoisotopic (exact) mass is 429 g/mol. The summed E-state index contributed by atoms with van der Waals surface area (Å²) < 4.78 is 24.7. The van der Waals surface area contributed by atoms with E-state index in [1.54, 1.807) is 0 Å². The van der Waals surface area contributed by atoms with Crippen molar-refractivity contribution in [3.63, 3.8) is 0 Å². The molecule has 0 spiro atoms. The van der Waals surface area contributed by atoms with Gasteiger partial charge in [0.05, 0.1) is 6.26 Å². The van der Waals surface area contributed by atoms with Crippen molar-refractivity contribution in [1.82, 2.24) is 9.21 Å². The number of rotatable bonds is 8. The molecule has 0 saturated carbocycles. The smallest absolute Gasteiger partial charge is 0.255 e. The van der Waals surface area contributed by atoms with E-state index in [0.717, 1.165) is 24.2 Å². The number of carbonyl (C=O) groups is 1. The van der Waals surface area contributed by atoms with Crippen LogP contribution in [0.3, 0.4) is 0 Å². The lowest BCUT2D eigenvalue weighted by Gasteiger charge is -2.33. The first-order valence-electron chi connectivity index (χ1n) is 10.5. The highest BCUT2D eigenvalue weighted by Gasteiger charge is 2.23. The van der Waals surface area contributed by atoms with Crippen LogP contribution in [-0.2, 0) is 23.0 Å². The molecule has 162 valence electrons. The van der Waals surface area contributed by atoms with Gasteiger partial charge in [-0.1, -0.05) is 37.6 Å². The van der Waals surface area contributed by atoms with Crippen LogP contribution < -0.4 is 5.32 Å². The number of hydrogen-bond acceptors (Lipinski definition) is 4. The maximum atomic E-state index is 12.5. The molecule has 1 amide bonds. The van der Waals surface area contributed by atoms with Gasteiger partial charge in [-0.2, -0.15) is 4.31 Å². The Morgan fingerprint density at radius 1 is 0.933 bits per heavy atom. The van der Waals surface area contributed by atoms with Gasteiger partial charge in [0.15, 0.2) is 0 Å². The van der Waals surface area contributed by atoms with Crippen molar-refractivity contribution in [1.29, 1.82) is 0 Å². The highest BCUT2D eigenvalue weighted by atomic mass is 32.2. The first-order chi connectivity index (χ1) is 14.3. The van der Waals surface area contributed by atoms with Crippen LogP contribution in [0.1, 0.15) is 41.3 Å². The Hall–Kier alpha value is -2.22. The molecule has 30 heavy (non-hydrogen) atoms. The lowest BCUT2D eigenvalue weighted by atomic mass is 10.1. The van der Waals surface area contributed by atoms with E-state index in [9.17, 15) is 13.2 Å². The van der Waals surface area contributed by atoms with Gasteiger partial charge in [0.25, 0.3) is 5.91 Å². The Bertz CT molecular complexity index is 933. The zero-order valence-electron chi connectivity index (χ0n) is 17.8. The molecule has 0 unspecified atom stereocenters. The van der Waals surface area contributed by atoms with Crippen LogP contribution in [0, 0.1) is 0 Å². The first-order valence-corrected chi connectivity index (χ1v) is 12.4. The predicted octanol–water partition coefficient (Wildman–Crippen LogP) is 3.36. The summed E-state index contributed by atoms with van der Waals surface area (Å²) in [5.74, 6) is -0.121. The number of piperazine rings is 1. The summed E-state index contributed by atoms with van der Waals surface area (Å²) in [5, 5.41) is 2.95. The topological polar surface area (TPSA) is 69.7 Å². The molecule has 1 saturated heterocycles. The molecule has 0 bridgehead atoms. The van der Waals surface area contributed by atoms with Gasteiger partial charge in [0.1, 0.15) is 0 Å². The summed E-state index contributed by atoms with van der Waals surface area (Å²) in [6.45, 7) is 5.40. The molecule has 6 nitrogen and oxygen atoms in total. The van der Waals surface area contributed by atoms with Gasteiger partial charge in [0.2, 0.25) is 10.0 Å². The number of unbranched alkanes of at least 4 members (excludes halogenated alkanes) is 1. The number of anilines is 1. The summed E-state index contributed by atoms with van der Waals surface area (Å²) in [4.78, 5) is 14.8. The number of nitrogens with one attached hydrogen (secondary N) is 1. The van der Waals surface area contributed by atoms with E-state index >= 15 is 0 Å². The third-order valence-corrected chi connectivity index (χ3v) is 6.76. The number of benzene rings is 2. The zero-order valence-corrected chi connectivity index (χ0v) is 18.6. The summed E-state index contributed by atoms with van der Waals surface area (Å²) >= 11 is 0. The number of hydrogen-bond donors (Lipinski definition) is 1. The van der Waals surface area contributed by atoms with Crippen molar-refractivity contribution in [2.24, 2.45) is 0 Å². The first kappa shape index (κ1) is 22.5. The van der Waals surface area contributed by atoms with Crippen LogP contribution in [0.25, 0.3) is 0 Å². The standard InChI is InChI=1S/C23H31N3O3S/c1-3-4-5-19-8-12-22(13-9-19)24-23(27)21-10-6-20(7-11-21)18-25-14-16-26(17-15-25)30(2,28)29/h6-13H,3-5,14-18H2,1-2H3,(H,24,27). The average molecular weight is 430 g/mol. The zero-order chi connectivity index (χ0) is 21.6. The minimum atomic E-state index is -3.11. The molecule has 0 radical (unpaired) electrons.